The molecule has 3 aromatic rings. The third-order valence-corrected chi connectivity index (χ3v) is 5.24. The van der Waals surface area contributed by atoms with Crippen LogP contribution < -0.4 is 16.6 Å². The summed E-state index contributed by atoms with van der Waals surface area (Å²) in [5.74, 6) is -1.69. The molecule has 1 aliphatic rings. The van der Waals surface area contributed by atoms with Crippen molar-refractivity contribution in [3.63, 3.8) is 0 Å². The summed E-state index contributed by atoms with van der Waals surface area (Å²) < 4.78 is 21.3. The average Bonchev–Trinajstić information content (AvgIpc) is 3.33. The van der Waals surface area contributed by atoms with E-state index in [4.69, 9.17) is 4.74 Å². The molecule has 1 atom stereocenters. The molecule has 1 fully saturated rings. The summed E-state index contributed by atoms with van der Waals surface area (Å²) in [6, 6.07) is 18.2. The van der Waals surface area contributed by atoms with Crippen molar-refractivity contribution in [2.45, 2.75) is 31.7 Å². The van der Waals surface area contributed by atoms with E-state index in [-0.39, 0.29) is 0 Å². The highest BCUT2D eigenvalue weighted by atomic mass is 19.1. The van der Waals surface area contributed by atoms with Crippen LogP contribution in [0.5, 0.6) is 0 Å². The second-order valence-electron chi connectivity index (χ2n) is 7.35. The fourth-order valence-corrected chi connectivity index (χ4v) is 3.71. The molecule has 160 valence electrons. The van der Waals surface area contributed by atoms with Crippen LogP contribution in [0.4, 0.5) is 4.39 Å². The molecule has 0 saturated carbocycles. The van der Waals surface area contributed by atoms with Crippen LogP contribution in [0.1, 0.15) is 36.2 Å². The molecule has 2 heterocycles. The van der Waals surface area contributed by atoms with E-state index in [0.29, 0.717) is 17.6 Å². The third kappa shape index (κ3) is 4.49. The van der Waals surface area contributed by atoms with E-state index in [1.165, 1.54) is 0 Å². The first-order valence-electron chi connectivity index (χ1n) is 10.1. The molecule has 8 heteroatoms. The van der Waals surface area contributed by atoms with Crippen molar-refractivity contribution < 1.29 is 13.9 Å². The van der Waals surface area contributed by atoms with Crippen molar-refractivity contribution >= 4 is 5.91 Å². The van der Waals surface area contributed by atoms with Crippen LogP contribution in [0.2, 0.25) is 0 Å². The summed E-state index contributed by atoms with van der Waals surface area (Å²) in [5.41, 5.74) is -0.231. The standard InChI is InChI=1S/C23H22FN3O4/c24-18-14-26(20-12-7-13-31-20)23(30)27(22(18)29)15-19(28)25-21(16-8-3-1-4-9-16)17-10-5-2-6-11-17/h1-6,8-11,14,20-21H,7,12-13,15H2,(H,25,28)/t20-/m1/s1. The summed E-state index contributed by atoms with van der Waals surface area (Å²) in [7, 11) is 0. The van der Waals surface area contributed by atoms with E-state index in [2.05, 4.69) is 5.32 Å². The molecule has 1 aliphatic heterocycles. The second-order valence-corrected chi connectivity index (χ2v) is 7.35. The number of nitrogens with zero attached hydrogens (tertiary/aromatic N) is 2. The monoisotopic (exact) mass is 423 g/mol. The Kier molecular flexibility index (Phi) is 6.08. The highest BCUT2D eigenvalue weighted by Crippen LogP contribution is 2.22. The molecule has 1 aromatic heterocycles. The number of carbonyl (C=O) groups excluding carboxylic acids is 1. The van der Waals surface area contributed by atoms with Crippen molar-refractivity contribution in [2.24, 2.45) is 0 Å². The van der Waals surface area contributed by atoms with Gasteiger partial charge in [-0.15, -0.1) is 0 Å². The lowest BCUT2D eigenvalue weighted by Crippen LogP contribution is -2.46. The van der Waals surface area contributed by atoms with Crippen LogP contribution in [0.15, 0.2) is 76.4 Å². The van der Waals surface area contributed by atoms with Gasteiger partial charge in [-0.3, -0.25) is 14.2 Å². The Morgan fingerprint density at radius 3 is 2.23 bits per heavy atom. The number of hydrogen-bond acceptors (Lipinski definition) is 4. The maximum atomic E-state index is 14.2. The summed E-state index contributed by atoms with van der Waals surface area (Å²) in [4.78, 5) is 37.9. The van der Waals surface area contributed by atoms with E-state index < -0.39 is 41.8 Å². The van der Waals surface area contributed by atoms with Crippen LogP contribution in [0, 0.1) is 5.82 Å². The lowest BCUT2D eigenvalue weighted by Gasteiger charge is -2.20. The van der Waals surface area contributed by atoms with Gasteiger partial charge in [0.25, 0.3) is 5.56 Å². The number of rotatable bonds is 6. The molecule has 0 unspecified atom stereocenters. The van der Waals surface area contributed by atoms with Crippen molar-refractivity contribution in [3.8, 4) is 0 Å². The number of carbonyl (C=O) groups is 1. The first kappa shape index (κ1) is 20.7. The fourth-order valence-electron chi connectivity index (χ4n) is 3.71. The average molecular weight is 423 g/mol. The molecule has 1 amide bonds. The van der Waals surface area contributed by atoms with E-state index in [1.807, 2.05) is 60.7 Å². The minimum atomic E-state index is -1.13. The lowest BCUT2D eigenvalue weighted by molar-refractivity contribution is -0.122. The normalized spacial score (nSPS) is 15.9. The van der Waals surface area contributed by atoms with Gasteiger partial charge in [-0.25, -0.2) is 9.36 Å². The Balaban J connectivity index is 1.63. The Hall–Kier alpha value is -3.52. The Bertz CT molecular complexity index is 1130. The zero-order chi connectivity index (χ0) is 21.8. The van der Waals surface area contributed by atoms with Gasteiger partial charge in [0.15, 0.2) is 0 Å². The molecule has 7 nitrogen and oxygen atoms in total. The second kappa shape index (κ2) is 9.09. The zero-order valence-electron chi connectivity index (χ0n) is 16.7. The number of nitrogens with one attached hydrogen (secondary N) is 1. The summed E-state index contributed by atoms with van der Waals surface area (Å²) in [5, 5.41) is 2.86. The van der Waals surface area contributed by atoms with Crippen LogP contribution in [0.3, 0.4) is 0 Å². The first-order chi connectivity index (χ1) is 15.0. The van der Waals surface area contributed by atoms with Gasteiger partial charge in [-0.05, 0) is 24.0 Å². The van der Waals surface area contributed by atoms with Gasteiger partial charge < -0.3 is 10.1 Å². The summed E-state index contributed by atoms with van der Waals surface area (Å²) in [6.45, 7) is -0.146. The highest BCUT2D eigenvalue weighted by molar-refractivity contribution is 5.76. The Morgan fingerprint density at radius 2 is 1.68 bits per heavy atom. The van der Waals surface area contributed by atoms with E-state index in [0.717, 1.165) is 28.3 Å². The van der Waals surface area contributed by atoms with Crippen LogP contribution >= 0.6 is 0 Å². The lowest BCUT2D eigenvalue weighted by atomic mass is 9.99. The molecule has 1 N–H and O–H groups in total. The number of halogens is 1. The Labute approximate surface area is 177 Å². The van der Waals surface area contributed by atoms with Gasteiger partial charge in [0.1, 0.15) is 12.8 Å². The molecule has 0 aliphatic carbocycles. The van der Waals surface area contributed by atoms with Crippen molar-refractivity contribution in [1.82, 2.24) is 14.5 Å². The van der Waals surface area contributed by atoms with Gasteiger partial charge >= 0.3 is 5.69 Å². The minimum Gasteiger partial charge on any atom is -0.358 e. The van der Waals surface area contributed by atoms with E-state index in [1.54, 1.807) is 0 Å². The van der Waals surface area contributed by atoms with Gasteiger partial charge in [0.2, 0.25) is 11.7 Å². The smallest absolute Gasteiger partial charge is 0.333 e. The van der Waals surface area contributed by atoms with Crippen molar-refractivity contribution in [1.29, 1.82) is 0 Å². The zero-order valence-corrected chi connectivity index (χ0v) is 16.7. The molecule has 1 saturated heterocycles. The first-order valence-corrected chi connectivity index (χ1v) is 10.1. The number of benzene rings is 2. The summed E-state index contributed by atoms with van der Waals surface area (Å²) >= 11 is 0. The predicted molar refractivity (Wildman–Crippen MR) is 112 cm³/mol. The van der Waals surface area contributed by atoms with Crippen LogP contribution in [-0.4, -0.2) is 21.6 Å². The van der Waals surface area contributed by atoms with Crippen LogP contribution in [-0.2, 0) is 16.1 Å². The maximum Gasteiger partial charge on any atom is 0.333 e. The summed E-state index contributed by atoms with van der Waals surface area (Å²) in [6.07, 6.45) is 1.48. The molecular formula is C23H22FN3O4. The van der Waals surface area contributed by atoms with Gasteiger partial charge in [0, 0.05) is 6.61 Å². The van der Waals surface area contributed by atoms with Gasteiger partial charge in [-0.1, -0.05) is 60.7 Å². The van der Waals surface area contributed by atoms with Crippen molar-refractivity contribution in [3.05, 3.63) is 105 Å². The fraction of sp³-hybridized carbons (Fsp3) is 0.261. The van der Waals surface area contributed by atoms with Crippen molar-refractivity contribution in [2.75, 3.05) is 6.61 Å². The minimum absolute atomic E-state index is 0.453. The quantitative estimate of drug-likeness (QED) is 0.660. The van der Waals surface area contributed by atoms with Gasteiger partial charge in [-0.2, -0.15) is 4.39 Å². The maximum absolute atomic E-state index is 14.2. The molecule has 0 bridgehead atoms. The van der Waals surface area contributed by atoms with Gasteiger partial charge in [0.05, 0.1) is 12.2 Å². The predicted octanol–water partition coefficient (Wildman–Crippen LogP) is 2.36. The Morgan fingerprint density at radius 1 is 1.06 bits per heavy atom. The topological polar surface area (TPSA) is 82.3 Å². The van der Waals surface area contributed by atoms with E-state index >= 15 is 0 Å². The molecule has 2 aromatic carbocycles. The third-order valence-electron chi connectivity index (χ3n) is 5.24. The molecule has 31 heavy (non-hydrogen) atoms. The highest BCUT2D eigenvalue weighted by Gasteiger charge is 2.24. The number of hydrogen-bond donors (Lipinski definition) is 1. The number of aromatic nitrogens is 2. The molecule has 0 radical (unpaired) electrons. The van der Waals surface area contributed by atoms with Crippen LogP contribution in [0.25, 0.3) is 0 Å². The number of amides is 1. The molecular weight excluding hydrogens is 401 g/mol. The SMILES string of the molecule is O=C(Cn1c(=O)c(F)cn([C@H]2CCCO2)c1=O)NC(c1ccccc1)c1ccccc1. The largest absolute Gasteiger partial charge is 0.358 e. The molecule has 0 spiro atoms. The molecule has 4 rings (SSSR count). The van der Waals surface area contributed by atoms with E-state index in [9.17, 15) is 18.8 Å². The number of ether oxygens (including phenoxy) is 1.